The molecule has 0 saturated heterocycles. The molecule has 110 valence electrons. The fourth-order valence-corrected chi connectivity index (χ4v) is 2.13. The Morgan fingerprint density at radius 1 is 1.15 bits per heavy atom. The zero-order chi connectivity index (χ0) is 15.0. The van der Waals surface area contributed by atoms with E-state index in [-0.39, 0.29) is 5.41 Å². The molecule has 0 aromatic heterocycles. The van der Waals surface area contributed by atoms with E-state index in [2.05, 4.69) is 49.5 Å². The molecule has 0 aliphatic heterocycles. The normalized spacial score (nSPS) is 11.6. The van der Waals surface area contributed by atoms with Crippen LogP contribution < -0.4 is 5.32 Å². The summed E-state index contributed by atoms with van der Waals surface area (Å²) in [7, 11) is 0. The smallest absolute Gasteiger partial charge is 0.0683 e. The van der Waals surface area contributed by atoms with Gasteiger partial charge in [0.15, 0.2) is 0 Å². The van der Waals surface area contributed by atoms with Crippen LogP contribution in [0.15, 0.2) is 24.3 Å². The van der Waals surface area contributed by atoms with E-state index in [0.29, 0.717) is 5.92 Å². The Morgan fingerprint density at radius 2 is 1.80 bits per heavy atom. The zero-order valence-electron chi connectivity index (χ0n) is 13.4. The monoisotopic (exact) mass is 272 g/mol. The van der Waals surface area contributed by atoms with Crippen LogP contribution in [-0.2, 0) is 6.54 Å². The molecule has 0 radical (unpaired) electrons. The molecule has 1 aromatic carbocycles. The predicted molar refractivity (Wildman–Crippen MR) is 85.5 cm³/mol. The summed E-state index contributed by atoms with van der Waals surface area (Å²) >= 11 is 0. The van der Waals surface area contributed by atoms with Gasteiger partial charge in [-0.3, -0.25) is 0 Å². The molecule has 1 N–H and O–H groups in total. The molecule has 0 aliphatic rings. The Morgan fingerprint density at radius 3 is 2.35 bits per heavy atom. The molecule has 1 aromatic rings. The van der Waals surface area contributed by atoms with Crippen LogP contribution in [0.25, 0.3) is 0 Å². The van der Waals surface area contributed by atoms with Crippen molar-refractivity contribution in [2.75, 3.05) is 6.54 Å². The van der Waals surface area contributed by atoms with Crippen molar-refractivity contribution in [3.63, 3.8) is 0 Å². The molecule has 20 heavy (non-hydrogen) atoms. The van der Waals surface area contributed by atoms with E-state index in [0.717, 1.165) is 32.4 Å². The first kappa shape index (κ1) is 16.7. The average molecular weight is 272 g/mol. The summed E-state index contributed by atoms with van der Waals surface area (Å²) in [6.45, 7) is 10.4. The first-order chi connectivity index (χ1) is 9.44. The maximum atomic E-state index is 8.94. The van der Waals surface area contributed by atoms with Gasteiger partial charge >= 0.3 is 0 Å². The van der Waals surface area contributed by atoms with Crippen LogP contribution in [-0.4, -0.2) is 6.54 Å². The predicted octanol–water partition coefficient (Wildman–Crippen LogP) is 4.62. The summed E-state index contributed by atoms with van der Waals surface area (Å²) in [5, 5.41) is 12.4. The van der Waals surface area contributed by atoms with Gasteiger partial charge < -0.3 is 5.32 Å². The van der Waals surface area contributed by atoms with E-state index in [1.165, 1.54) is 11.1 Å². The summed E-state index contributed by atoms with van der Waals surface area (Å²) in [6.07, 6.45) is 3.23. The minimum Gasteiger partial charge on any atom is -0.313 e. The molecule has 0 bridgehead atoms. The lowest BCUT2D eigenvalue weighted by Crippen LogP contribution is -2.15. The molecule has 0 aliphatic carbocycles. The number of hydrogen-bond acceptors (Lipinski definition) is 2. The maximum absolute atomic E-state index is 8.94. The van der Waals surface area contributed by atoms with Gasteiger partial charge in [-0.15, -0.1) is 0 Å². The zero-order valence-corrected chi connectivity index (χ0v) is 13.4. The van der Waals surface area contributed by atoms with Crippen molar-refractivity contribution < 1.29 is 0 Å². The minimum atomic E-state index is -0.174. The molecule has 0 fully saturated rings. The summed E-state index contributed by atoms with van der Waals surface area (Å²) in [6, 6.07) is 11.2. The molecular formula is C18H28N2. The number of unbranched alkanes of at least 4 members (excludes halogenated alkanes) is 1. The second kappa shape index (κ2) is 8.07. The molecule has 0 unspecified atom stereocenters. The van der Waals surface area contributed by atoms with Crippen LogP contribution in [0.2, 0.25) is 0 Å². The fourth-order valence-electron chi connectivity index (χ4n) is 2.13. The van der Waals surface area contributed by atoms with Crippen LogP contribution in [0.4, 0.5) is 0 Å². The lowest BCUT2D eigenvalue weighted by Gasteiger charge is -2.14. The van der Waals surface area contributed by atoms with E-state index in [1.807, 2.05) is 13.8 Å². The Hall–Kier alpha value is -1.33. The van der Waals surface area contributed by atoms with Crippen molar-refractivity contribution in [3.8, 4) is 6.07 Å². The summed E-state index contributed by atoms with van der Waals surface area (Å²) in [5.74, 6) is 0.598. The number of nitrogens with one attached hydrogen (secondary N) is 1. The van der Waals surface area contributed by atoms with E-state index in [9.17, 15) is 0 Å². The number of benzene rings is 1. The molecule has 1 rings (SSSR count). The van der Waals surface area contributed by atoms with E-state index >= 15 is 0 Å². The van der Waals surface area contributed by atoms with Crippen molar-refractivity contribution in [2.45, 2.75) is 59.4 Å². The summed E-state index contributed by atoms with van der Waals surface area (Å²) < 4.78 is 0. The van der Waals surface area contributed by atoms with Gasteiger partial charge in [-0.25, -0.2) is 0 Å². The minimum absolute atomic E-state index is 0.174. The van der Waals surface area contributed by atoms with Crippen LogP contribution in [0.5, 0.6) is 0 Å². The number of hydrogen-bond donors (Lipinski definition) is 1. The van der Waals surface area contributed by atoms with E-state index < -0.39 is 0 Å². The third-order valence-electron chi connectivity index (χ3n) is 3.68. The van der Waals surface area contributed by atoms with Gasteiger partial charge in [0, 0.05) is 6.54 Å². The highest BCUT2D eigenvalue weighted by atomic mass is 14.8. The number of nitriles is 1. The topological polar surface area (TPSA) is 35.8 Å². The molecule has 0 heterocycles. The van der Waals surface area contributed by atoms with Gasteiger partial charge in [-0.1, -0.05) is 44.5 Å². The maximum Gasteiger partial charge on any atom is 0.0683 e. The third-order valence-corrected chi connectivity index (χ3v) is 3.68. The van der Waals surface area contributed by atoms with Crippen LogP contribution in [0.1, 0.15) is 64.0 Å². The molecule has 2 heteroatoms. The highest BCUT2D eigenvalue weighted by Gasteiger charge is 2.15. The quantitative estimate of drug-likeness (QED) is 0.701. The SMILES string of the molecule is CC(C)c1ccc(CNCCCCC(C)(C)C#N)cc1. The van der Waals surface area contributed by atoms with Crippen molar-refractivity contribution in [2.24, 2.45) is 5.41 Å². The van der Waals surface area contributed by atoms with Crippen molar-refractivity contribution in [1.82, 2.24) is 5.32 Å². The second-order valence-corrected chi connectivity index (χ2v) is 6.53. The molecule has 0 spiro atoms. The van der Waals surface area contributed by atoms with Crippen LogP contribution in [0.3, 0.4) is 0 Å². The molecule has 0 atom stereocenters. The standard InChI is InChI=1S/C18H28N2/c1-15(2)17-9-7-16(8-10-17)13-20-12-6-5-11-18(3,4)14-19/h7-10,15,20H,5-6,11-13H2,1-4H3. The Kier molecular flexibility index (Phi) is 6.75. The molecular weight excluding hydrogens is 244 g/mol. The average Bonchev–Trinajstić information content (AvgIpc) is 2.43. The summed E-state index contributed by atoms with van der Waals surface area (Å²) in [5.41, 5.74) is 2.56. The van der Waals surface area contributed by atoms with Gasteiger partial charge in [-0.05, 0) is 50.3 Å². The van der Waals surface area contributed by atoms with Crippen molar-refractivity contribution in [1.29, 1.82) is 5.26 Å². The lowest BCUT2D eigenvalue weighted by molar-refractivity contribution is 0.422. The van der Waals surface area contributed by atoms with Gasteiger partial charge in [-0.2, -0.15) is 5.26 Å². The number of nitrogens with zero attached hydrogens (tertiary/aromatic N) is 1. The number of rotatable bonds is 8. The lowest BCUT2D eigenvalue weighted by atomic mass is 9.89. The molecule has 2 nitrogen and oxygen atoms in total. The summed E-state index contributed by atoms with van der Waals surface area (Å²) in [4.78, 5) is 0. The molecule has 0 amide bonds. The highest BCUT2D eigenvalue weighted by molar-refractivity contribution is 5.24. The Bertz CT molecular complexity index is 424. The Labute approximate surface area is 124 Å². The largest absolute Gasteiger partial charge is 0.313 e. The second-order valence-electron chi connectivity index (χ2n) is 6.53. The first-order valence-corrected chi connectivity index (χ1v) is 7.65. The van der Waals surface area contributed by atoms with Crippen molar-refractivity contribution in [3.05, 3.63) is 35.4 Å². The first-order valence-electron chi connectivity index (χ1n) is 7.65. The fraction of sp³-hybridized carbons (Fsp3) is 0.611. The van der Waals surface area contributed by atoms with Crippen LogP contribution >= 0.6 is 0 Å². The highest BCUT2D eigenvalue weighted by Crippen LogP contribution is 2.21. The van der Waals surface area contributed by atoms with Gasteiger partial charge in [0.05, 0.1) is 11.5 Å². The van der Waals surface area contributed by atoms with Crippen LogP contribution in [0, 0.1) is 16.7 Å². The molecule has 0 saturated carbocycles. The van der Waals surface area contributed by atoms with E-state index in [4.69, 9.17) is 5.26 Å². The van der Waals surface area contributed by atoms with Gasteiger partial charge in [0.2, 0.25) is 0 Å². The van der Waals surface area contributed by atoms with Crippen molar-refractivity contribution >= 4 is 0 Å². The van der Waals surface area contributed by atoms with Gasteiger partial charge in [0.1, 0.15) is 0 Å². The third kappa shape index (κ3) is 6.21. The Balaban J connectivity index is 2.17. The van der Waals surface area contributed by atoms with E-state index in [1.54, 1.807) is 0 Å². The van der Waals surface area contributed by atoms with Gasteiger partial charge in [0.25, 0.3) is 0 Å².